The normalized spacial score (nSPS) is 19.5. The molecule has 0 saturated carbocycles. The molecule has 21 heavy (non-hydrogen) atoms. The third kappa shape index (κ3) is 2.90. The summed E-state index contributed by atoms with van der Waals surface area (Å²) in [4.78, 5) is 2.45. The highest BCUT2D eigenvalue weighted by molar-refractivity contribution is 5.26. The molecule has 1 aliphatic rings. The lowest BCUT2D eigenvalue weighted by molar-refractivity contribution is 0.234. The summed E-state index contributed by atoms with van der Waals surface area (Å²) in [6.45, 7) is 6.29. The molecule has 3 heterocycles. The van der Waals surface area contributed by atoms with Crippen molar-refractivity contribution in [3.8, 4) is 0 Å². The van der Waals surface area contributed by atoms with Crippen molar-refractivity contribution in [3.05, 3.63) is 35.8 Å². The van der Waals surface area contributed by atoms with Gasteiger partial charge in [0.05, 0.1) is 17.4 Å². The summed E-state index contributed by atoms with van der Waals surface area (Å²) >= 11 is 0. The maximum Gasteiger partial charge on any atom is 0.146 e. The first-order valence-electron chi connectivity index (χ1n) is 7.50. The van der Waals surface area contributed by atoms with E-state index in [0.717, 1.165) is 25.2 Å². The molecule has 6 heteroatoms. The summed E-state index contributed by atoms with van der Waals surface area (Å²) in [6, 6.07) is 6.63. The maximum atomic E-state index is 5.62. The van der Waals surface area contributed by atoms with Crippen molar-refractivity contribution in [1.82, 2.24) is 24.9 Å². The van der Waals surface area contributed by atoms with Crippen molar-refractivity contribution in [2.75, 3.05) is 12.3 Å². The van der Waals surface area contributed by atoms with E-state index in [1.54, 1.807) is 0 Å². The van der Waals surface area contributed by atoms with E-state index < -0.39 is 0 Å². The molecule has 1 fully saturated rings. The Balaban J connectivity index is 1.78. The van der Waals surface area contributed by atoms with Crippen LogP contribution in [0.25, 0.3) is 0 Å². The molecule has 0 bridgehead atoms. The van der Waals surface area contributed by atoms with Crippen LogP contribution in [-0.2, 0) is 6.54 Å². The number of anilines is 1. The topological polar surface area (TPSA) is 72.9 Å². The molecular weight excluding hydrogens is 264 g/mol. The summed E-state index contributed by atoms with van der Waals surface area (Å²) in [5.74, 6) is 0.473. The zero-order chi connectivity index (χ0) is 14.8. The largest absolute Gasteiger partial charge is 0.382 e. The third-order valence-electron chi connectivity index (χ3n) is 4.02. The highest BCUT2D eigenvalue weighted by Crippen LogP contribution is 2.32. The Morgan fingerprint density at radius 2 is 2.14 bits per heavy atom. The average Bonchev–Trinajstić information content (AvgIpc) is 3.09. The van der Waals surface area contributed by atoms with Gasteiger partial charge in [0, 0.05) is 18.8 Å². The summed E-state index contributed by atoms with van der Waals surface area (Å²) in [7, 11) is 0. The molecule has 2 aromatic rings. The van der Waals surface area contributed by atoms with Crippen LogP contribution >= 0.6 is 0 Å². The number of nitrogen functional groups attached to an aromatic ring is 1. The molecule has 0 spiro atoms. The van der Waals surface area contributed by atoms with E-state index in [4.69, 9.17) is 5.73 Å². The highest BCUT2D eigenvalue weighted by Gasteiger charge is 2.28. The Hall–Kier alpha value is -1.95. The Labute approximate surface area is 125 Å². The molecular formula is C15H22N6. The van der Waals surface area contributed by atoms with Crippen molar-refractivity contribution in [3.63, 3.8) is 0 Å². The minimum absolute atomic E-state index is 0.327. The molecule has 1 aliphatic heterocycles. The fourth-order valence-electron chi connectivity index (χ4n) is 3.02. The van der Waals surface area contributed by atoms with Gasteiger partial charge in [-0.1, -0.05) is 0 Å². The molecule has 3 rings (SSSR count). The maximum absolute atomic E-state index is 5.62. The lowest BCUT2D eigenvalue weighted by atomic mass is 10.1. The predicted molar refractivity (Wildman–Crippen MR) is 81.4 cm³/mol. The van der Waals surface area contributed by atoms with Crippen molar-refractivity contribution < 1.29 is 0 Å². The second-order valence-electron chi connectivity index (χ2n) is 5.87. The number of hydrogen-bond acceptors (Lipinski definition) is 5. The van der Waals surface area contributed by atoms with Gasteiger partial charge in [-0.3, -0.25) is 9.58 Å². The molecule has 0 aliphatic carbocycles. The van der Waals surface area contributed by atoms with Gasteiger partial charge in [-0.15, -0.1) is 5.10 Å². The monoisotopic (exact) mass is 286 g/mol. The van der Waals surface area contributed by atoms with Gasteiger partial charge in [0.2, 0.25) is 0 Å². The van der Waals surface area contributed by atoms with Crippen molar-refractivity contribution >= 4 is 5.82 Å². The SMILES string of the molecule is CC(C)n1nccc1CN1CCCC1c1ccc(N)nn1. The number of nitrogens with zero attached hydrogens (tertiary/aromatic N) is 5. The van der Waals surface area contributed by atoms with Gasteiger partial charge in [0.1, 0.15) is 5.82 Å². The van der Waals surface area contributed by atoms with Crippen LogP contribution in [0, 0.1) is 0 Å². The Morgan fingerprint density at radius 3 is 2.86 bits per heavy atom. The lowest BCUT2D eigenvalue weighted by Gasteiger charge is -2.24. The van der Waals surface area contributed by atoms with E-state index in [0.29, 0.717) is 17.9 Å². The molecule has 1 saturated heterocycles. The molecule has 2 N–H and O–H groups in total. The number of likely N-dealkylation sites (tertiary alicyclic amines) is 1. The minimum atomic E-state index is 0.327. The number of rotatable bonds is 4. The Kier molecular flexibility index (Phi) is 3.88. The second kappa shape index (κ2) is 5.81. The molecule has 1 unspecified atom stereocenters. The summed E-state index contributed by atoms with van der Waals surface area (Å²) < 4.78 is 2.09. The number of nitrogens with two attached hydrogens (primary N) is 1. The van der Waals surface area contributed by atoms with Crippen LogP contribution in [0.5, 0.6) is 0 Å². The van der Waals surface area contributed by atoms with Crippen LogP contribution in [0.2, 0.25) is 0 Å². The first kappa shape index (κ1) is 14.0. The highest BCUT2D eigenvalue weighted by atomic mass is 15.3. The summed E-state index contributed by atoms with van der Waals surface area (Å²) in [5.41, 5.74) is 7.89. The van der Waals surface area contributed by atoms with E-state index in [1.165, 1.54) is 12.1 Å². The molecule has 2 aromatic heterocycles. The van der Waals surface area contributed by atoms with Crippen LogP contribution in [-0.4, -0.2) is 31.4 Å². The second-order valence-corrected chi connectivity index (χ2v) is 5.87. The zero-order valence-electron chi connectivity index (χ0n) is 12.6. The number of hydrogen-bond donors (Lipinski definition) is 1. The van der Waals surface area contributed by atoms with E-state index >= 15 is 0 Å². The molecule has 6 nitrogen and oxygen atoms in total. The third-order valence-corrected chi connectivity index (χ3v) is 4.02. The van der Waals surface area contributed by atoms with E-state index in [2.05, 4.69) is 44.8 Å². The first-order valence-corrected chi connectivity index (χ1v) is 7.50. The van der Waals surface area contributed by atoms with Crippen molar-refractivity contribution in [2.24, 2.45) is 0 Å². The van der Waals surface area contributed by atoms with Crippen LogP contribution in [0.15, 0.2) is 24.4 Å². The van der Waals surface area contributed by atoms with Crippen LogP contribution < -0.4 is 5.73 Å². The zero-order valence-corrected chi connectivity index (χ0v) is 12.6. The average molecular weight is 286 g/mol. The van der Waals surface area contributed by atoms with Crippen LogP contribution in [0.1, 0.15) is 50.2 Å². The number of aromatic nitrogens is 4. The van der Waals surface area contributed by atoms with Crippen LogP contribution in [0.3, 0.4) is 0 Å². The molecule has 112 valence electrons. The predicted octanol–water partition coefficient (Wildman–Crippen LogP) is 2.17. The van der Waals surface area contributed by atoms with Gasteiger partial charge in [-0.05, 0) is 51.4 Å². The van der Waals surface area contributed by atoms with Gasteiger partial charge >= 0.3 is 0 Å². The molecule has 0 amide bonds. The van der Waals surface area contributed by atoms with Gasteiger partial charge in [0.25, 0.3) is 0 Å². The van der Waals surface area contributed by atoms with Crippen LogP contribution in [0.4, 0.5) is 5.82 Å². The molecule has 0 radical (unpaired) electrons. The fraction of sp³-hybridized carbons (Fsp3) is 0.533. The quantitative estimate of drug-likeness (QED) is 0.932. The Bertz CT molecular complexity index is 588. The fourth-order valence-corrected chi connectivity index (χ4v) is 3.02. The smallest absolute Gasteiger partial charge is 0.146 e. The standard InChI is InChI=1S/C15H22N6/c1-11(2)21-12(7-8-17-21)10-20-9-3-4-14(20)13-5-6-15(16)19-18-13/h5-8,11,14H,3-4,9-10H2,1-2H3,(H2,16,19). The Morgan fingerprint density at radius 1 is 1.29 bits per heavy atom. The first-order chi connectivity index (χ1) is 10.1. The van der Waals surface area contributed by atoms with Gasteiger partial charge in [0.15, 0.2) is 0 Å². The van der Waals surface area contributed by atoms with E-state index in [1.807, 2.05) is 18.3 Å². The van der Waals surface area contributed by atoms with Gasteiger partial charge < -0.3 is 5.73 Å². The summed E-state index contributed by atoms with van der Waals surface area (Å²) in [6.07, 6.45) is 4.18. The lowest BCUT2D eigenvalue weighted by Crippen LogP contribution is -2.25. The van der Waals surface area contributed by atoms with Gasteiger partial charge in [-0.25, -0.2) is 0 Å². The van der Waals surface area contributed by atoms with Crippen molar-refractivity contribution in [2.45, 2.75) is 45.3 Å². The van der Waals surface area contributed by atoms with E-state index in [-0.39, 0.29) is 0 Å². The van der Waals surface area contributed by atoms with Crippen molar-refractivity contribution in [1.29, 1.82) is 0 Å². The van der Waals surface area contributed by atoms with E-state index in [9.17, 15) is 0 Å². The minimum Gasteiger partial charge on any atom is -0.382 e. The molecule has 0 aromatic carbocycles. The molecule has 1 atom stereocenters. The van der Waals surface area contributed by atoms with Gasteiger partial charge in [-0.2, -0.15) is 10.2 Å². The summed E-state index contributed by atoms with van der Waals surface area (Å²) in [5, 5.41) is 12.7.